The van der Waals surface area contributed by atoms with Crippen LogP contribution in [0.25, 0.3) is 10.8 Å². The van der Waals surface area contributed by atoms with Crippen LogP contribution in [0.4, 0.5) is 5.69 Å². The summed E-state index contributed by atoms with van der Waals surface area (Å²) in [7, 11) is -3.73. The number of nitrogens with zero attached hydrogens (tertiary/aromatic N) is 1. The number of ether oxygens (including phenoxy) is 1. The molecule has 1 amide bonds. The summed E-state index contributed by atoms with van der Waals surface area (Å²) in [5.74, 6) is -1.39. The van der Waals surface area contributed by atoms with E-state index < -0.39 is 28.0 Å². The maximum Gasteiger partial charge on any atom is 0.340 e. The second-order valence-corrected chi connectivity index (χ2v) is 10.2. The van der Waals surface area contributed by atoms with Gasteiger partial charge < -0.3 is 10.1 Å². The van der Waals surface area contributed by atoms with Gasteiger partial charge in [0.25, 0.3) is 5.91 Å². The zero-order chi connectivity index (χ0) is 23.6. The van der Waals surface area contributed by atoms with Crippen molar-refractivity contribution in [2.24, 2.45) is 0 Å². The zero-order valence-electron chi connectivity index (χ0n) is 18.0. The lowest BCUT2D eigenvalue weighted by Gasteiger charge is -2.17. The number of benzene rings is 3. The molecule has 4 rings (SSSR count). The number of sulfonamides is 1. The Hall–Kier alpha value is -2.94. The molecule has 33 heavy (non-hydrogen) atoms. The molecule has 0 spiro atoms. The van der Waals surface area contributed by atoms with Crippen molar-refractivity contribution >= 4 is 50.0 Å². The van der Waals surface area contributed by atoms with Crippen molar-refractivity contribution in [1.29, 1.82) is 0 Å². The Morgan fingerprint density at radius 2 is 1.73 bits per heavy atom. The van der Waals surface area contributed by atoms with Gasteiger partial charge in [0, 0.05) is 24.2 Å². The highest BCUT2D eigenvalue weighted by atomic mass is 35.5. The van der Waals surface area contributed by atoms with E-state index >= 15 is 0 Å². The molecule has 1 atom stereocenters. The fraction of sp³-hybridized carbons (Fsp3) is 0.250. The first-order valence-corrected chi connectivity index (χ1v) is 12.4. The minimum atomic E-state index is -3.73. The average molecular weight is 487 g/mol. The second kappa shape index (κ2) is 9.51. The molecular formula is C24H23ClN2O5S. The van der Waals surface area contributed by atoms with Crippen LogP contribution in [0.1, 0.15) is 30.1 Å². The molecule has 1 unspecified atom stereocenters. The van der Waals surface area contributed by atoms with E-state index in [1.807, 2.05) is 36.4 Å². The van der Waals surface area contributed by atoms with E-state index in [4.69, 9.17) is 16.3 Å². The number of carbonyl (C=O) groups is 2. The number of rotatable bonds is 6. The van der Waals surface area contributed by atoms with Crippen molar-refractivity contribution in [3.8, 4) is 0 Å². The normalized spacial score (nSPS) is 15.3. The third-order valence-electron chi connectivity index (χ3n) is 5.56. The van der Waals surface area contributed by atoms with Crippen LogP contribution in [0, 0.1) is 0 Å². The van der Waals surface area contributed by atoms with Crippen LogP contribution < -0.4 is 5.32 Å². The SMILES string of the molecule is CC(OC(=O)c1cc(S(=O)(=O)N2CCCC2)ccc1Cl)C(=O)Nc1cccc2ccccc12. The molecule has 1 fully saturated rings. The lowest BCUT2D eigenvalue weighted by molar-refractivity contribution is -0.123. The summed E-state index contributed by atoms with van der Waals surface area (Å²) >= 11 is 6.15. The van der Waals surface area contributed by atoms with Gasteiger partial charge in [0.1, 0.15) is 0 Å². The molecule has 7 nitrogen and oxygen atoms in total. The van der Waals surface area contributed by atoms with Crippen molar-refractivity contribution in [3.05, 3.63) is 71.2 Å². The fourth-order valence-electron chi connectivity index (χ4n) is 3.75. The zero-order valence-corrected chi connectivity index (χ0v) is 19.5. The number of hydrogen-bond donors (Lipinski definition) is 1. The number of anilines is 1. The highest BCUT2D eigenvalue weighted by molar-refractivity contribution is 7.89. The Morgan fingerprint density at radius 3 is 2.48 bits per heavy atom. The molecule has 1 aliphatic rings. The first-order valence-electron chi connectivity index (χ1n) is 10.6. The Morgan fingerprint density at radius 1 is 1.03 bits per heavy atom. The number of nitrogens with one attached hydrogen (secondary N) is 1. The summed E-state index contributed by atoms with van der Waals surface area (Å²) in [6.07, 6.45) is 0.460. The number of amides is 1. The lowest BCUT2D eigenvalue weighted by Crippen LogP contribution is -2.30. The van der Waals surface area contributed by atoms with Crippen LogP contribution in [0.3, 0.4) is 0 Å². The van der Waals surface area contributed by atoms with Gasteiger partial charge in [0.05, 0.1) is 15.5 Å². The summed E-state index contributed by atoms with van der Waals surface area (Å²) < 4.78 is 32.3. The second-order valence-electron chi connectivity index (χ2n) is 7.82. The molecule has 1 N–H and O–H groups in total. The molecule has 3 aromatic carbocycles. The molecule has 1 aliphatic heterocycles. The van der Waals surface area contributed by atoms with Gasteiger partial charge >= 0.3 is 5.97 Å². The summed E-state index contributed by atoms with van der Waals surface area (Å²) in [5, 5.41) is 4.64. The smallest absolute Gasteiger partial charge is 0.340 e. The molecule has 1 saturated heterocycles. The van der Waals surface area contributed by atoms with Crippen LogP contribution in [-0.2, 0) is 19.6 Å². The van der Waals surface area contributed by atoms with Gasteiger partial charge in [-0.3, -0.25) is 4.79 Å². The van der Waals surface area contributed by atoms with E-state index in [-0.39, 0.29) is 15.5 Å². The summed E-state index contributed by atoms with van der Waals surface area (Å²) in [6.45, 7) is 2.32. The highest BCUT2D eigenvalue weighted by Crippen LogP contribution is 2.27. The molecule has 3 aromatic rings. The van der Waals surface area contributed by atoms with Gasteiger partial charge in [0.2, 0.25) is 10.0 Å². The number of esters is 1. The third-order valence-corrected chi connectivity index (χ3v) is 7.79. The molecule has 0 aromatic heterocycles. The Labute approximate surface area is 197 Å². The van der Waals surface area contributed by atoms with Crippen LogP contribution in [0.2, 0.25) is 5.02 Å². The number of halogens is 1. The minimum absolute atomic E-state index is 0.0337. The molecule has 0 radical (unpaired) electrons. The maximum absolute atomic E-state index is 12.8. The predicted octanol–water partition coefficient (Wildman–Crippen LogP) is 4.46. The molecule has 0 saturated carbocycles. The molecule has 0 bridgehead atoms. The molecule has 172 valence electrons. The van der Waals surface area contributed by atoms with E-state index in [2.05, 4.69) is 5.32 Å². The van der Waals surface area contributed by atoms with Crippen LogP contribution >= 0.6 is 11.6 Å². The number of carbonyl (C=O) groups excluding carboxylic acids is 2. The highest BCUT2D eigenvalue weighted by Gasteiger charge is 2.29. The van der Waals surface area contributed by atoms with E-state index in [0.29, 0.717) is 18.8 Å². The van der Waals surface area contributed by atoms with E-state index in [1.54, 1.807) is 6.07 Å². The van der Waals surface area contributed by atoms with Crippen molar-refractivity contribution in [2.45, 2.75) is 30.8 Å². The van der Waals surface area contributed by atoms with Gasteiger partial charge in [-0.1, -0.05) is 48.0 Å². The third kappa shape index (κ3) is 4.88. The van der Waals surface area contributed by atoms with E-state index in [1.165, 1.54) is 29.4 Å². The van der Waals surface area contributed by atoms with Gasteiger partial charge in [-0.05, 0) is 49.4 Å². The first kappa shape index (κ1) is 23.2. The monoisotopic (exact) mass is 486 g/mol. The summed E-state index contributed by atoms with van der Waals surface area (Å²) in [5.41, 5.74) is 0.486. The van der Waals surface area contributed by atoms with Gasteiger partial charge in [0.15, 0.2) is 6.10 Å². The number of fused-ring (bicyclic) bond motifs is 1. The summed E-state index contributed by atoms with van der Waals surface area (Å²) in [6, 6.07) is 17.0. The quantitative estimate of drug-likeness (QED) is 0.519. The van der Waals surface area contributed by atoms with Crippen LogP contribution in [-0.4, -0.2) is 43.8 Å². The van der Waals surface area contributed by atoms with Crippen molar-refractivity contribution in [2.75, 3.05) is 18.4 Å². The standard InChI is InChI=1S/C24H23ClN2O5S/c1-16(23(28)26-22-10-6-8-17-7-2-3-9-19(17)22)32-24(29)20-15-18(11-12-21(20)25)33(30,31)27-13-4-5-14-27/h2-3,6-12,15-16H,4-5,13-14H2,1H3,(H,26,28). The van der Waals surface area contributed by atoms with Gasteiger partial charge in [-0.25, -0.2) is 13.2 Å². The molecular weight excluding hydrogens is 464 g/mol. The van der Waals surface area contributed by atoms with Gasteiger partial charge in [-0.2, -0.15) is 4.31 Å². The topological polar surface area (TPSA) is 92.8 Å². The van der Waals surface area contributed by atoms with Crippen molar-refractivity contribution in [1.82, 2.24) is 4.31 Å². The molecule has 9 heteroatoms. The van der Waals surface area contributed by atoms with Crippen molar-refractivity contribution < 1.29 is 22.7 Å². The largest absolute Gasteiger partial charge is 0.449 e. The Kier molecular flexibility index (Phi) is 6.69. The van der Waals surface area contributed by atoms with Crippen molar-refractivity contribution in [3.63, 3.8) is 0 Å². The Bertz CT molecular complexity index is 1310. The van der Waals surface area contributed by atoms with Gasteiger partial charge in [-0.15, -0.1) is 0 Å². The number of hydrogen-bond acceptors (Lipinski definition) is 5. The Balaban J connectivity index is 1.50. The maximum atomic E-state index is 12.8. The molecule has 1 heterocycles. The first-order chi connectivity index (χ1) is 15.8. The van der Waals surface area contributed by atoms with Crippen LogP contribution in [0.5, 0.6) is 0 Å². The average Bonchev–Trinajstić information content (AvgIpc) is 3.35. The molecule has 0 aliphatic carbocycles. The van der Waals surface area contributed by atoms with E-state index in [0.717, 1.165) is 23.6 Å². The minimum Gasteiger partial charge on any atom is -0.449 e. The predicted molar refractivity (Wildman–Crippen MR) is 127 cm³/mol. The summed E-state index contributed by atoms with van der Waals surface area (Å²) in [4.78, 5) is 25.4. The van der Waals surface area contributed by atoms with Crippen LogP contribution in [0.15, 0.2) is 65.6 Å². The fourth-order valence-corrected chi connectivity index (χ4v) is 5.48. The van der Waals surface area contributed by atoms with E-state index in [9.17, 15) is 18.0 Å². The lowest BCUT2D eigenvalue weighted by atomic mass is 10.1.